The summed E-state index contributed by atoms with van der Waals surface area (Å²) >= 11 is 0. The summed E-state index contributed by atoms with van der Waals surface area (Å²) in [5.41, 5.74) is 1.04. The van der Waals surface area contributed by atoms with Gasteiger partial charge in [0.15, 0.2) is 11.5 Å². The zero-order valence-electron chi connectivity index (χ0n) is 14.9. The molecule has 3 N–H and O–H groups in total. The van der Waals surface area contributed by atoms with Crippen molar-refractivity contribution in [3.63, 3.8) is 0 Å². The molecule has 0 unspecified atom stereocenters. The third kappa shape index (κ3) is 3.92. The Kier molecular flexibility index (Phi) is 5.12. The van der Waals surface area contributed by atoms with Gasteiger partial charge in [-0.3, -0.25) is 5.10 Å². The molecule has 0 bridgehead atoms. The van der Waals surface area contributed by atoms with E-state index in [-0.39, 0.29) is 5.69 Å². The first-order valence-electron chi connectivity index (χ1n) is 8.90. The molecule has 142 valence electrons. The van der Waals surface area contributed by atoms with Crippen LogP contribution >= 0.6 is 0 Å². The van der Waals surface area contributed by atoms with Gasteiger partial charge in [0.2, 0.25) is 0 Å². The molecular formula is C19H18FN7O. The number of aromatic nitrogens is 4. The Morgan fingerprint density at radius 1 is 1.29 bits per heavy atom. The van der Waals surface area contributed by atoms with E-state index in [1.165, 1.54) is 18.5 Å². The average Bonchev–Trinajstić information content (AvgIpc) is 3.39. The largest absolute Gasteiger partial charge is 0.492 e. The van der Waals surface area contributed by atoms with Crippen LogP contribution in [-0.4, -0.2) is 39.9 Å². The van der Waals surface area contributed by atoms with E-state index in [2.05, 4.69) is 30.8 Å². The lowest BCUT2D eigenvalue weighted by Crippen LogP contribution is -2.15. The Morgan fingerprint density at radius 2 is 2.21 bits per heavy atom. The SMILES string of the molecule is N#Cc1cnc(Nc2cc(-c3c(F)cccc3OC[C@H]3CCNC3)[nH]n2)cn1. The maximum absolute atomic E-state index is 14.5. The molecule has 1 aliphatic rings. The van der Waals surface area contributed by atoms with Crippen molar-refractivity contribution in [2.24, 2.45) is 5.92 Å². The van der Waals surface area contributed by atoms with E-state index in [0.717, 1.165) is 19.5 Å². The van der Waals surface area contributed by atoms with Crippen LogP contribution in [0.4, 0.5) is 16.0 Å². The summed E-state index contributed by atoms with van der Waals surface area (Å²) in [6.07, 6.45) is 3.84. The van der Waals surface area contributed by atoms with Gasteiger partial charge in [-0.1, -0.05) is 6.07 Å². The van der Waals surface area contributed by atoms with Gasteiger partial charge in [0.05, 0.1) is 30.3 Å². The zero-order valence-corrected chi connectivity index (χ0v) is 14.9. The minimum absolute atomic E-state index is 0.221. The Balaban J connectivity index is 1.53. The Labute approximate surface area is 160 Å². The molecule has 9 heteroatoms. The van der Waals surface area contributed by atoms with E-state index in [1.807, 2.05) is 6.07 Å². The molecule has 1 fully saturated rings. The second kappa shape index (κ2) is 8.02. The van der Waals surface area contributed by atoms with E-state index >= 15 is 0 Å². The van der Waals surface area contributed by atoms with Crippen molar-refractivity contribution in [3.05, 3.63) is 48.2 Å². The lowest BCUT2D eigenvalue weighted by atomic mass is 10.1. The first-order valence-corrected chi connectivity index (χ1v) is 8.90. The summed E-state index contributed by atoms with van der Waals surface area (Å²) in [6, 6.07) is 8.34. The summed E-state index contributed by atoms with van der Waals surface area (Å²) in [5.74, 6) is 1.37. The number of nitrogens with zero attached hydrogens (tertiary/aromatic N) is 4. The van der Waals surface area contributed by atoms with E-state index < -0.39 is 5.82 Å². The highest BCUT2D eigenvalue weighted by atomic mass is 19.1. The molecule has 3 aromatic rings. The van der Waals surface area contributed by atoms with Gasteiger partial charge < -0.3 is 15.4 Å². The zero-order chi connectivity index (χ0) is 19.3. The fourth-order valence-electron chi connectivity index (χ4n) is 3.05. The van der Waals surface area contributed by atoms with Gasteiger partial charge in [0.1, 0.15) is 23.5 Å². The van der Waals surface area contributed by atoms with E-state index in [9.17, 15) is 4.39 Å². The third-order valence-electron chi connectivity index (χ3n) is 4.48. The Hall–Kier alpha value is -3.51. The molecule has 0 spiro atoms. The second-order valence-corrected chi connectivity index (χ2v) is 6.47. The number of ether oxygens (including phenoxy) is 1. The molecule has 1 saturated heterocycles. The lowest BCUT2D eigenvalue weighted by molar-refractivity contribution is 0.260. The average molecular weight is 379 g/mol. The van der Waals surface area contributed by atoms with Crippen LogP contribution in [0.15, 0.2) is 36.7 Å². The molecule has 1 aromatic carbocycles. The van der Waals surface area contributed by atoms with Crippen molar-refractivity contribution < 1.29 is 9.13 Å². The van der Waals surface area contributed by atoms with Crippen LogP contribution in [0.1, 0.15) is 12.1 Å². The van der Waals surface area contributed by atoms with E-state index in [4.69, 9.17) is 10.00 Å². The number of hydrogen-bond acceptors (Lipinski definition) is 7. The fraction of sp³-hybridized carbons (Fsp3) is 0.263. The van der Waals surface area contributed by atoms with Crippen LogP contribution in [0.5, 0.6) is 5.75 Å². The van der Waals surface area contributed by atoms with Crippen molar-refractivity contribution >= 4 is 11.6 Å². The molecule has 0 aliphatic carbocycles. The predicted molar refractivity (Wildman–Crippen MR) is 100 cm³/mol. The van der Waals surface area contributed by atoms with E-state index in [0.29, 0.717) is 41.2 Å². The summed E-state index contributed by atoms with van der Waals surface area (Å²) in [4.78, 5) is 8.02. The predicted octanol–water partition coefficient (Wildman–Crippen LogP) is 2.61. The number of hydrogen-bond donors (Lipinski definition) is 3. The number of rotatable bonds is 6. The lowest BCUT2D eigenvalue weighted by Gasteiger charge is -2.14. The summed E-state index contributed by atoms with van der Waals surface area (Å²) in [5, 5.41) is 22.0. The standard InChI is InChI=1S/C19H18FN7O/c20-14-2-1-3-16(28-11-12-4-5-22-8-12)19(14)15-6-17(27-26-15)25-18-10-23-13(7-21)9-24-18/h1-3,6,9-10,12,22H,4-5,8,11H2,(H2,24,25,26,27)/t12-/m0/s1. The summed E-state index contributed by atoms with van der Waals surface area (Å²) in [7, 11) is 0. The molecule has 3 heterocycles. The van der Waals surface area contributed by atoms with Crippen LogP contribution < -0.4 is 15.4 Å². The van der Waals surface area contributed by atoms with Crippen LogP contribution in [0.25, 0.3) is 11.3 Å². The maximum atomic E-state index is 14.5. The van der Waals surface area contributed by atoms with Crippen LogP contribution in [0, 0.1) is 23.1 Å². The van der Waals surface area contributed by atoms with Crippen LogP contribution in [0.2, 0.25) is 0 Å². The highest BCUT2D eigenvalue weighted by Crippen LogP contribution is 2.33. The molecule has 1 atom stereocenters. The van der Waals surface area contributed by atoms with Crippen molar-refractivity contribution in [1.82, 2.24) is 25.5 Å². The second-order valence-electron chi connectivity index (χ2n) is 6.47. The fourth-order valence-corrected chi connectivity index (χ4v) is 3.05. The van der Waals surface area contributed by atoms with Gasteiger partial charge in [-0.15, -0.1) is 0 Å². The first-order chi connectivity index (χ1) is 13.7. The smallest absolute Gasteiger partial charge is 0.158 e. The highest BCUT2D eigenvalue weighted by Gasteiger charge is 2.19. The molecule has 0 saturated carbocycles. The molecule has 28 heavy (non-hydrogen) atoms. The minimum Gasteiger partial charge on any atom is -0.492 e. The number of nitriles is 1. The van der Waals surface area contributed by atoms with E-state index in [1.54, 1.807) is 18.2 Å². The van der Waals surface area contributed by atoms with Crippen molar-refractivity contribution in [1.29, 1.82) is 5.26 Å². The quantitative estimate of drug-likeness (QED) is 0.603. The van der Waals surface area contributed by atoms with Gasteiger partial charge in [-0.05, 0) is 25.1 Å². The number of H-pyrrole nitrogens is 1. The molecule has 1 aliphatic heterocycles. The number of nitrogens with one attached hydrogen (secondary N) is 3. The number of anilines is 2. The Morgan fingerprint density at radius 3 is 2.96 bits per heavy atom. The third-order valence-corrected chi connectivity index (χ3v) is 4.48. The molecule has 2 aromatic heterocycles. The summed E-state index contributed by atoms with van der Waals surface area (Å²) < 4.78 is 20.5. The highest BCUT2D eigenvalue weighted by molar-refractivity contribution is 5.71. The van der Waals surface area contributed by atoms with Crippen molar-refractivity contribution in [2.75, 3.05) is 25.0 Å². The van der Waals surface area contributed by atoms with Gasteiger partial charge in [-0.2, -0.15) is 10.4 Å². The van der Waals surface area contributed by atoms with Gasteiger partial charge >= 0.3 is 0 Å². The molecule has 8 nitrogen and oxygen atoms in total. The number of aromatic amines is 1. The monoisotopic (exact) mass is 379 g/mol. The van der Waals surface area contributed by atoms with Gasteiger partial charge in [-0.25, -0.2) is 14.4 Å². The summed E-state index contributed by atoms with van der Waals surface area (Å²) in [6.45, 7) is 2.43. The van der Waals surface area contributed by atoms with Crippen LogP contribution in [-0.2, 0) is 0 Å². The van der Waals surface area contributed by atoms with Crippen molar-refractivity contribution in [2.45, 2.75) is 6.42 Å². The number of halogens is 1. The first kappa shape index (κ1) is 17.9. The minimum atomic E-state index is -0.393. The van der Waals surface area contributed by atoms with Gasteiger partial charge in [0, 0.05) is 18.5 Å². The molecular weight excluding hydrogens is 361 g/mol. The van der Waals surface area contributed by atoms with Crippen LogP contribution in [0.3, 0.4) is 0 Å². The molecule has 0 amide bonds. The molecule has 0 radical (unpaired) electrons. The Bertz CT molecular complexity index is 990. The maximum Gasteiger partial charge on any atom is 0.158 e. The normalized spacial score (nSPS) is 15.9. The molecule has 4 rings (SSSR count). The van der Waals surface area contributed by atoms with Crippen molar-refractivity contribution in [3.8, 4) is 23.1 Å². The topological polar surface area (TPSA) is 112 Å². The number of benzene rings is 1. The van der Waals surface area contributed by atoms with Gasteiger partial charge in [0.25, 0.3) is 0 Å².